The first kappa shape index (κ1) is 18.9. The lowest BCUT2D eigenvalue weighted by Gasteiger charge is -2.34. The van der Waals surface area contributed by atoms with Crippen LogP contribution in [-0.4, -0.2) is 15.5 Å². The molecule has 0 bridgehead atoms. The topological polar surface area (TPSA) is 84.0 Å². The molecule has 6 nitrogen and oxygen atoms in total. The average Bonchev–Trinajstić information content (AvgIpc) is 2.55. The van der Waals surface area contributed by atoms with Crippen LogP contribution in [0.3, 0.4) is 0 Å². The van der Waals surface area contributed by atoms with Crippen molar-refractivity contribution in [2.24, 2.45) is 13.0 Å². The predicted octanol–water partition coefficient (Wildman–Crippen LogP) is 2.36. The van der Waals surface area contributed by atoms with Gasteiger partial charge in [-0.1, -0.05) is 18.6 Å². The highest BCUT2D eigenvalue weighted by molar-refractivity contribution is 5.93. The Labute approximate surface area is 152 Å². The highest BCUT2D eigenvalue weighted by Gasteiger charge is 2.34. The Morgan fingerprint density at radius 3 is 2.59 bits per heavy atom. The van der Waals surface area contributed by atoms with Crippen molar-refractivity contribution in [2.45, 2.75) is 31.5 Å². The van der Waals surface area contributed by atoms with Crippen LogP contribution in [0.5, 0.6) is 0 Å². The molecular weight excluding hydrogens is 363 g/mol. The second-order valence-corrected chi connectivity index (χ2v) is 6.68. The van der Waals surface area contributed by atoms with Crippen LogP contribution in [0.2, 0.25) is 0 Å². The van der Waals surface area contributed by atoms with Crippen molar-refractivity contribution in [3.63, 3.8) is 0 Å². The maximum atomic E-state index is 13.0. The van der Waals surface area contributed by atoms with Crippen molar-refractivity contribution in [1.29, 1.82) is 0 Å². The quantitative estimate of drug-likeness (QED) is 0.853. The predicted molar refractivity (Wildman–Crippen MR) is 91.3 cm³/mol. The molecule has 1 aromatic heterocycles. The first-order valence-corrected chi connectivity index (χ1v) is 8.45. The number of amides is 1. The Kier molecular flexibility index (Phi) is 4.95. The Morgan fingerprint density at radius 1 is 1.30 bits per heavy atom. The number of carbonyl (C=O) groups is 1. The molecular formula is C18H18F3N3O3. The summed E-state index contributed by atoms with van der Waals surface area (Å²) in [5.41, 5.74) is -2.23. The zero-order chi connectivity index (χ0) is 19.8. The maximum absolute atomic E-state index is 13.0. The molecule has 3 rings (SSSR count). The summed E-state index contributed by atoms with van der Waals surface area (Å²) in [6, 6.07) is 4.18. The molecule has 0 spiro atoms. The van der Waals surface area contributed by atoms with Gasteiger partial charge in [0.05, 0.1) is 11.6 Å². The van der Waals surface area contributed by atoms with Crippen LogP contribution in [0.1, 0.15) is 46.8 Å². The van der Waals surface area contributed by atoms with E-state index < -0.39 is 34.9 Å². The summed E-state index contributed by atoms with van der Waals surface area (Å²) >= 11 is 0. The molecule has 1 fully saturated rings. The normalized spacial score (nSPS) is 15.9. The third kappa shape index (κ3) is 3.96. The Bertz CT molecular complexity index is 974. The minimum absolute atomic E-state index is 0.0101. The maximum Gasteiger partial charge on any atom is 0.416 e. The summed E-state index contributed by atoms with van der Waals surface area (Å²) in [4.78, 5) is 37.9. The smallest absolute Gasteiger partial charge is 0.345 e. The molecule has 1 aliphatic rings. The van der Waals surface area contributed by atoms with Gasteiger partial charge in [-0.05, 0) is 36.5 Å². The largest absolute Gasteiger partial charge is 0.416 e. The fourth-order valence-corrected chi connectivity index (χ4v) is 3.10. The second-order valence-electron chi connectivity index (χ2n) is 6.68. The standard InChI is InChI=1S/C18H18F3N3O3/c1-24-9-13(16(26)23-17(24)27)15(25)22-14(10-4-2-5-10)11-6-3-7-12(8-11)18(19,20)21/h3,6-10,14H,2,4-5H2,1H3,(H,22,25)(H,23,26,27). The van der Waals surface area contributed by atoms with Gasteiger partial charge < -0.3 is 9.88 Å². The van der Waals surface area contributed by atoms with E-state index >= 15 is 0 Å². The summed E-state index contributed by atoms with van der Waals surface area (Å²) in [5, 5.41) is 2.68. The van der Waals surface area contributed by atoms with Gasteiger partial charge in [0, 0.05) is 13.2 Å². The monoisotopic (exact) mass is 381 g/mol. The van der Waals surface area contributed by atoms with E-state index in [-0.39, 0.29) is 11.5 Å². The fourth-order valence-electron chi connectivity index (χ4n) is 3.10. The highest BCUT2D eigenvalue weighted by Crippen LogP contribution is 2.39. The van der Waals surface area contributed by atoms with Gasteiger partial charge in [-0.3, -0.25) is 14.6 Å². The molecule has 9 heteroatoms. The van der Waals surface area contributed by atoms with E-state index in [4.69, 9.17) is 0 Å². The number of H-pyrrole nitrogens is 1. The molecule has 1 atom stereocenters. The van der Waals surface area contributed by atoms with Gasteiger partial charge in [-0.2, -0.15) is 13.2 Å². The van der Waals surface area contributed by atoms with Crippen molar-refractivity contribution >= 4 is 5.91 Å². The molecule has 0 radical (unpaired) electrons. The van der Waals surface area contributed by atoms with Crippen LogP contribution in [0.4, 0.5) is 13.2 Å². The molecule has 1 heterocycles. The highest BCUT2D eigenvalue weighted by atomic mass is 19.4. The molecule has 1 amide bonds. The fraction of sp³-hybridized carbons (Fsp3) is 0.389. The van der Waals surface area contributed by atoms with Crippen LogP contribution in [0.15, 0.2) is 40.1 Å². The van der Waals surface area contributed by atoms with Crippen LogP contribution < -0.4 is 16.6 Å². The van der Waals surface area contributed by atoms with Crippen molar-refractivity contribution in [3.8, 4) is 0 Å². The minimum Gasteiger partial charge on any atom is -0.345 e. The molecule has 0 aliphatic heterocycles. The third-order valence-corrected chi connectivity index (χ3v) is 4.83. The molecule has 144 valence electrons. The van der Waals surface area contributed by atoms with Gasteiger partial charge in [0.25, 0.3) is 11.5 Å². The number of nitrogens with one attached hydrogen (secondary N) is 2. The van der Waals surface area contributed by atoms with E-state index in [0.717, 1.165) is 42.2 Å². The lowest BCUT2D eigenvalue weighted by Crippen LogP contribution is -2.40. The molecule has 2 aromatic rings. The number of hydrogen-bond acceptors (Lipinski definition) is 3. The Morgan fingerprint density at radius 2 is 2.00 bits per heavy atom. The zero-order valence-corrected chi connectivity index (χ0v) is 14.5. The van der Waals surface area contributed by atoms with Crippen LogP contribution >= 0.6 is 0 Å². The summed E-state index contributed by atoms with van der Waals surface area (Å²) in [6.45, 7) is 0. The second kappa shape index (κ2) is 7.05. The molecule has 27 heavy (non-hydrogen) atoms. The molecule has 1 saturated carbocycles. The number of rotatable bonds is 4. The number of aromatic nitrogens is 2. The van der Waals surface area contributed by atoms with Crippen LogP contribution in [0.25, 0.3) is 0 Å². The Hall–Kier alpha value is -2.84. The third-order valence-electron chi connectivity index (χ3n) is 4.83. The van der Waals surface area contributed by atoms with Crippen LogP contribution in [-0.2, 0) is 13.2 Å². The van der Waals surface area contributed by atoms with Gasteiger partial charge in [0.1, 0.15) is 5.56 Å². The molecule has 1 aromatic carbocycles. The zero-order valence-electron chi connectivity index (χ0n) is 14.5. The molecule has 0 saturated heterocycles. The summed E-state index contributed by atoms with van der Waals surface area (Å²) in [6.07, 6.45) is -0.911. The Balaban J connectivity index is 1.93. The van der Waals surface area contributed by atoms with E-state index in [0.29, 0.717) is 5.56 Å². The van der Waals surface area contributed by atoms with Crippen molar-refractivity contribution in [2.75, 3.05) is 0 Å². The van der Waals surface area contributed by atoms with Crippen molar-refractivity contribution < 1.29 is 18.0 Å². The number of hydrogen-bond donors (Lipinski definition) is 2. The number of aryl methyl sites for hydroxylation is 1. The van der Waals surface area contributed by atoms with Gasteiger partial charge in [-0.15, -0.1) is 0 Å². The van der Waals surface area contributed by atoms with Crippen molar-refractivity contribution in [3.05, 3.63) is 68.0 Å². The number of nitrogens with zero attached hydrogens (tertiary/aromatic N) is 1. The average molecular weight is 381 g/mol. The lowest BCUT2D eigenvalue weighted by molar-refractivity contribution is -0.137. The molecule has 2 N–H and O–H groups in total. The first-order chi connectivity index (χ1) is 12.7. The van der Waals surface area contributed by atoms with Gasteiger partial charge in [0.15, 0.2) is 0 Å². The number of alkyl halides is 3. The SMILES string of the molecule is Cn1cc(C(=O)NC(c2cccc(C(F)(F)F)c2)C2CCC2)c(=O)[nH]c1=O. The van der Waals surface area contributed by atoms with E-state index in [2.05, 4.69) is 5.32 Å². The van der Waals surface area contributed by atoms with Crippen molar-refractivity contribution in [1.82, 2.24) is 14.9 Å². The number of benzene rings is 1. The lowest BCUT2D eigenvalue weighted by atomic mass is 9.77. The van der Waals surface area contributed by atoms with E-state index in [1.807, 2.05) is 4.98 Å². The van der Waals surface area contributed by atoms with Gasteiger partial charge in [0.2, 0.25) is 0 Å². The molecule has 1 aliphatic carbocycles. The number of carbonyl (C=O) groups excluding carboxylic acids is 1. The summed E-state index contributed by atoms with van der Waals surface area (Å²) in [5.74, 6) is -0.745. The number of aromatic amines is 1. The van der Waals surface area contributed by atoms with Gasteiger partial charge >= 0.3 is 11.9 Å². The van der Waals surface area contributed by atoms with E-state index in [1.54, 1.807) is 0 Å². The summed E-state index contributed by atoms with van der Waals surface area (Å²) < 4.78 is 40.1. The van der Waals surface area contributed by atoms with E-state index in [9.17, 15) is 27.6 Å². The summed E-state index contributed by atoms with van der Waals surface area (Å²) in [7, 11) is 1.38. The first-order valence-electron chi connectivity index (χ1n) is 8.45. The van der Waals surface area contributed by atoms with E-state index in [1.165, 1.54) is 19.2 Å². The van der Waals surface area contributed by atoms with Gasteiger partial charge in [-0.25, -0.2) is 4.79 Å². The number of halogens is 3. The van der Waals surface area contributed by atoms with Crippen LogP contribution in [0, 0.1) is 5.92 Å². The molecule has 1 unspecified atom stereocenters. The minimum atomic E-state index is -4.49.